The van der Waals surface area contributed by atoms with E-state index in [0.717, 1.165) is 31.2 Å². The van der Waals surface area contributed by atoms with E-state index < -0.39 is 48.7 Å². The van der Waals surface area contributed by atoms with E-state index >= 15 is 0 Å². The van der Waals surface area contributed by atoms with Crippen LogP contribution in [0.2, 0.25) is 0 Å². The molecule has 0 bridgehead atoms. The highest BCUT2D eigenvalue weighted by molar-refractivity contribution is 5.86. The molecule has 1 aromatic carbocycles. The summed E-state index contributed by atoms with van der Waals surface area (Å²) in [7, 11) is 0. The zero-order valence-corrected chi connectivity index (χ0v) is 19.9. The van der Waals surface area contributed by atoms with Crippen LogP contribution < -0.4 is 5.32 Å². The summed E-state index contributed by atoms with van der Waals surface area (Å²) in [4.78, 5) is 37.4. The second-order valence-electron chi connectivity index (χ2n) is 9.78. The van der Waals surface area contributed by atoms with E-state index in [1.807, 2.05) is 6.07 Å². The minimum absolute atomic E-state index is 0.100. The molecule has 1 aliphatic heterocycles. The van der Waals surface area contributed by atoms with Crippen LogP contribution in [-0.2, 0) is 30.3 Å². The van der Waals surface area contributed by atoms with Crippen LogP contribution in [0.25, 0.3) is 0 Å². The lowest BCUT2D eigenvalue weighted by Gasteiger charge is -2.38. The topological polar surface area (TPSA) is 163 Å². The van der Waals surface area contributed by atoms with Crippen LogP contribution in [0.4, 0.5) is 0 Å². The first-order valence-electron chi connectivity index (χ1n) is 12.1. The number of carbonyl (C=O) groups is 3. The first-order valence-corrected chi connectivity index (χ1v) is 12.1. The Labute approximate surface area is 204 Å². The molecule has 194 valence electrons. The molecule has 6 atom stereocenters. The highest BCUT2D eigenvalue weighted by Crippen LogP contribution is 2.33. The highest BCUT2D eigenvalue weighted by atomic mass is 16.7. The number of hydrogen-bond donors (Lipinski definition) is 5. The molecule has 35 heavy (non-hydrogen) atoms. The van der Waals surface area contributed by atoms with E-state index in [2.05, 4.69) is 19.2 Å². The molecule has 1 unspecified atom stereocenters. The summed E-state index contributed by atoms with van der Waals surface area (Å²) in [6, 6.07) is 7.83. The van der Waals surface area contributed by atoms with Gasteiger partial charge in [0.1, 0.15) is 24.4 Å². The van der Waals surface area contributed by atoms with Crippen molar-refractivity contribution in [2.75, 3.05) is 0 Å². The number of nitrogens with one attached hydrogen (secondary N) is 1. The fourth-order valence-corrected chi connectivity index (χ4v) is 4.73. The van der Waals surface area contributed by atoms with Crippen molar-refractivity contribution in [1.82, 2.24) is 5.32 Å². The third-order valence-electron chi connectivity index (χ3n) is 7.01. The molecule has 0 aromatic heterocycles. The minimum atomic E-state index is -1.90. The number of amides is 1. The van der Waals surface area contributed by atoms with Crippen molar-refractivity contribution in [1.29, 1.82) is 0 Å². The number of aliphatic hydroxyl groups is 3. The first kappa shape index (κ1) is 27.1. The summed E-state index contributed by atoms with van der Waals surface area (Å²) in [5.74, 6) is -1.93. The molecule has 3 rings (SSSR count). The molecule has 1 heterocycles. The summed E-state index contributed by atoms with van der Waals surface area (Å²) in [6.07, 6.45) is -6.01. The Morgan fingerprint density at radius 2 is 1.63 bits per heavy atom. The van der Waals surface area contributed by atoms with Crippen molar-refractivity contribution < 1.29 is 44.3 Å². The van der Waals surface area contributed by atoms with Gasteiger partial charge in [0.25, 0.3) is 0 Å². The number of carboxylic acids is 1. The Kier molecular flexibility index (Phi) is 9.23. The van der Waals surface area contributed by atoms with Crippen molar-refractivity contribution >= 4 is 17.8 Å². The quantitative estimate of drug-likeness (QED) is 0.327. The van der Waals surface area contributed by atoms with E-state index in [0.29, 0.717) is 11.8 Å². The fraction of sp³-hybridized carbons (Fsp3) is 0.640. The molecule has 1 aliphatic carbocycles. The molecular formula is C25H35NO9. The van der Waals surface area contributed by atoms with Crippen molar-refractivity contribution in [3.8, 4) is 0 Å². The van der Waals surface area contributed by atoms with Crippen molar-refractivity contribution in [2.45, 2.75) is 82.7 Å². The number of esters is 1. The predicted molar refractivity (Wildman–Crippen MR) is 123 cm³/mol. The summed E-state index contributed by atoms with van der Waals surface area (Å²) in [5, 5.41) is 42.0. The van der Waals surface area contributed by atoms with Crippen molar-refractivity contribution in [2.24, 2.45) is 17.8 Å². The second-order valence-corrected chi connectivity index (χ2v) is 9.78. The maximum atomic E-state index is 13.1. The maximum Gasteiger partial charge on any atom is 0.335 e. The number of carbonyl (C=O) groups excluding carboxylic acids is 2. The van der Waals surface area contributed by atoms with E-state index in [1.165, 1.54) is 0 Å². The summed E-state index contributed by atoms with van der Waals surface area (Å²) in [6.45, 7) is 4.34. The Bertz CT molecular complexity index is 869. The minimum Gasteiger partial charge on any atom is -0.479 e. The average molecular weight is 494 g/mol. The zero-order valence-electron chi connectivity index (χ0n) is 19.9. The molecule has 0 radical (unpaired) electrons. The van der Waals surface area contributed by atoms with Gasteiger partial charge in [0.2, 0.25) is 12.2 Å². The van der Waals surface area contributed by atoms with Crippen molar-refractivity contribution in [3.63, 3.8) is 0 Å². The zero-order chi connectivity index (χ0) is 25.7. The Balaban J connectivity index is 1.71. The van der Waals surface area contributed by atoms with Gasteiger partial charge in [-0.2, -0.15) is 0 Å². The normalized spacial score (nSPS) is 32.0. The summed E-state index contributed by atoms with van der Waals surface area (Å²) >= 11 is 0. The third-order valence-corrected chi connectivity index (χ3v) is 7.01. The van der Waals surface area contributed by atoms with Gasteiger partial charge in [-0.25, -0.2) is 9.59 Å². The standard InChI is InChI=1S/C25H35NO9/c1-13(2)15-8-10-16(11-9-15)22(30)26-17(12-14-6-4-3-5-7-14)24(33)35-25-20(29)18(27)19(28)21(34-25)23(31)32/h3-7,13,15-21,25,27-29H,8-12H2,1-2H3,(H,26,30)(H,31,32)/t15?,16?,17-,18-,19-,20-,21?,25-/m1/s1. The molecule has 10 nitrogen and oxygen atoms in total. The third kappa shape index (κ3) is 6.78. The van der Waals surface area contributed by atoms with Gasteiger partial charge in [-0.15, -0.1) is 0 Å². The number of hydrogen-bond acceptors (Lipinski definition) is 8. The van der Waals surface area contributed by atoms with E-state index in [4.69, 9.17) is 9.47 Å². The Hall–Kier alpha value is -2.53. The predicted octanol–water partition coefficient (Wildman–Crippen LogP) is 0.612. The van der Waals surface area contributed by atoms with E-state index in [-0.39, 0.29) is 18.2 Å². The second kappa shape index (κ2) is 11.9. The van der Waals surface area contributed by atoms with E-state index in [1.54, 1.807) is 24.3 Å². The molecule has 1 saturated heterocycles. The van der Waals surface area contributed by atoms with Crippen molar-refractivity contribution in [3.05, 3.63) is 35.9 Å². The van der Waals surface area contributed by atoms with Crippen LogP contribution in [0.5, 0.6) is 0 Å². The Morgan fingerprint density at radius 1 is 1.00 bits per heavy atom. The molecular weight excluding hydrogens is 458 g/mol. The molecule has 5 N–H and O–H groups in total. The number of ether oxygens (including phenoxy) is 2. The van der Waals surface area contributed by atoms with Gasteiger partial charge in [0, 0.05) is 12.3 Å². The lowest BCUT2D eigenvalue weighted by molar-refractivity contribution is -0.286. The lowest BCUT2D eigenvalue weighted by Crippen LogP contribution is -2.61. The number of aliphatic carboxylic acids is 1. The van der Waals surface area contributed by atoms with Crippen LogP contribution >= 0.6 is 0 Å². The van der Waals surface area contributed by atoms with Crippen LogP contribution in [0.3, 0.4) is 0 Å². The molecule has 2 aliphatic rings. The summed E-state index contributed by atoms with van der Waals surface area (Å²) in [5.41, 5.74) is 0.752. The van der Waals surface area contributed by atoms with Crippen LogP contribution in [0.15, 0.2) is 30.3 Å². The van der Waals surface area contributed by atoms with Gasteiger partial charge in [0.05, 0.1) is 0 Å². The van der Waals surface area contributed by atoms with Gasteiger partial charge in [-0.3, -0.25) is 4.79 Å². The monoisotopic (exact) mass is 493 g/mol. The lowest BCUT2D eigenvalue weighted by atomic mass is 9.76. The first-order chi connectivity index (χ1) is 16.6. The van der Waals surface area contributed by atoms with Gasteiger partial charge >= 0.3 is 11.9 Å². The van der Waals surface area contributed by atoms with Crippen LogP contribution in [0, 0.1) is 17.8 Å². The Morgan fingerprint density at radius 3 is 2.20 bits per heavy atom. The molecule has 1 amide bonds. The van der Waals surface area contributed by atoms with E-state index in [9.17, 15) is 34.8 Å². The largest absolute Gasteiger partial charge is 0.479 e. The number of carboxylic acid groups (broad SMARTS) is 1. The SMILES string of the molecule is CC(C)C1CCC(C(=O)N[C@H](Cc2ccccc2)C(=O)O[C@H]2OC(C(=O)O)[C@H](O)[C@@H](O)[C@H]2O)CC1. The van der Waals surface area contributed by atoms with Crippen LogP contribution in [-0.4, -0.2) is 75.0 Å². The smallest absolute Gasteiger partial charge is 0.335 e. The highest BCUT2D eigenvalue weighted by Gasteiger charge is 2.49. The average Bonchev–Trinajstić information content (AvgIpc) is 2.84. The molecule has 1 aromatic rings. The molecule has 0 spiro atoms. The molecule has 1 saturated carbocycles. The molecule has 10 heteroatoms. The maximum absolute atomic E-state index is 13.1. The fourth-order valence-electron chi connectivity index (χ4n) is 4.73. The van der Waals surface area contributed by atoms with Gasteiger partial charge in [-0.1, -0.05) is 44.2 Å². The summed E-state index contributed by atoms with van der Waals surface area (Å²) < 4.78 is 10.3. The number of rotatable bonds is 8. The van der Waals surface area contributed by atoms with Gasteiger partial charge < -0.3 is 35.2 Å². The van der Waals surface area contributed by atoms with Gasteiger partial charge in [-0.05, 0) is 43.1 Å². The number of aliphatic hydroxyl groups excluding tert-OH is 3. The number of benzene rings is 1. The molecule has 2 fully saturated rings. The van der Waals surface area contributed by atoms with Crippen LogP contribution in [0.1, 0.15) is 45.1 Å². The van der Waals surface area contributed by atoms with Gasteiger partial charge in [0.15, 0.2) is 6.10 Å².